The van der Waals surface area contributed by atoms with Gasteiger partial charge in [-0.2, -0.15) is 0 Å². The third-order valence-corrected chi connectivity index (χ3v) is 9.57. The molecule has 0 atom stereocenters. The number of hydrogen-bond donors (Lipinski definition) is 1. The fraction of sp³-hybridized carbons (Fsp3) is 0.667. The molecule has 2 aliphatic rings. The number of amides is 2. The van der Waals surface area contributed by atoms with Crippen LogP contribution in [-0.4, -0.2) is 89.9 Å². The SMILES string of the molecule is CCN1CN(C2CCC(CN(CC(F)F)C(=O)O)CC2)c2c(cnc3c2ccn3COCC[Si](C)(C)C)C1=O. The molecule has 1 fully saturated rings. The number of carbonyl (C=O) groups is 2. The molecule has 1 N–H and O–H groups in total. The Kier molecular flexibility index (Phi) is 9.15. The molecule has 3 heterocycles. The summed E-state index contributed by atoms with van der Waals surface area (Å²) in [6.45, 7) is 10.4. The molecule has 0 saturated heterocycles. The lowest BCUT2D eigenvalue weighted by Gasteiger charge is -2.45. The van der Waals surface area contributed by atoms with E-state index in [0.717, 1.165) is 53.3 Å². The number of ether oxygens (including phenoxy) is 1. The van der Waals surface area contributed by atoms with Gasteiger partial charge in [-0.15, -0.1) is 0 Å². The Balaban J connectivity index is 1.52. The lowest BCUT2D eigenvalue weighted by atomic mass is 9.84. The molecule has 0 aromatic carbocycles. The highest BCUT2D eigenvalue weighted by Crippen LogP contribution is 2.39. The number of pyridine rings is 1. The number of alkyl halides is 2. The third kappa shape index (κ3) is 6.89. The molecule has 0 radical (unpaired) electrons. The van der Waals surface area contributed by atoms with Crippen LogP contribution in [0.5, 0.6) is 0 Å². The molecular formula is C27H41F2N5O4Si. The van der Waals surface area contributed by atoms with E-state index in [9.17, 15) is 23.5 Å². The Labute approximate surface area is 229 Å². The maximum atomic E-state index is 13.3. The van der Waals surface area contributed by atoms with Gasteiger partial charge in [-0.25, -0.2) is 18.6 Å². The van der Waals surface area contributed by atoms with E-state index in [1.807, 2.05) is 28.7 Å². The number of carboxylic acid groups (broad SMARTS) is 1. The highest BCUT2D eigenvalue weighted by atomic mass is 28.3. The fourth-order valence-electron chi connectivity index (χ4n) is 5.62. The molecule has 12 heteroatoms. The van der Waals surface area contributed by atoms with E-state index >= 15 is 0 Å². The zero-order valence-electron chi connectivity index (χ0n) is 23.4. The molecule has 2 aromatic heterocycles. The number of nitrogens with zero attached hydrogens (tertiary/aromatic N) is 5. The summed E-state index contributed by atoms with van der Waals surface area (Å²) in [5.74, 6) is 0.00573. The Morgan fingerprint density at radius 1 is 1.26 bits per heavy atom. The summed E-state index contributed by atoms with van der Waals surface area (Å²) in [4.78, 5) is 34.3. The molecule has 2 aromatic rings. The van der Waals surface area contributed by atoms with Crippen LogP contribution >= 0.6 is 0 Å². The van der Waals surface area contributed by atoms with Crippen molar-refractivity contribution in [1.29, 1.82) is 0 Å². The molecule has 2 amide bonds. The fourth-order valence-corrected chi connectivity index (χ4v) is 6.37. The predicted molar refractivity (Wildman–Crippen MR) is 149 cm³/mol. The Bertz CT molecular complexity index is 1160. The van der Waals surface area contributed by atoms with Gasteiger partial charge < -0.3 is 29.1 Å². The second kappa shape index (κ2) is 12.2. The molecule has 39 heavy (non-hydrogen) atoms. The van der Waals surface area contributed by atoms with E-state index in [2.05, 4.69) is 29.5 Å². The zero-order valence-corrected chi connectivity index (χ0v) is 24.4. The maximum Gasteiger partial charge on any atom is 0.407 e. The largest absolute Gasteiger partial charge is 0.465 e. The van der Waals surface area contributed by atoms with Crippen LogP contribution < -0.4 is 4.90 Å². The van der Waals surface area contributed by atoms with Gasteiger partial charge in [0.05, 0.1) is 24.5 Å². The molecule has 1 saturated carbocycles. The molecule has 0 spiro atoms. The van der Waals surface area contributed by atoms with Crippen molar-refractivity contribution in [3.05, 3.63) is 24.0 Å². The Hall–Kier alpha value is -2.73. The van der Waals surface area contributed by atoms with Crippen LogP contribution in [0.25, 0.3) is 11.0 Å². The van der Waals surface area contributed by atoms with Gasteiger partial charge in [0.2, 0.25) is 0 Å². The monoisotopic (exact) mass is 565 g/mol. The minimum Gasteiger partial charge on any atom is -0.465 e. The number of anilines is 1. The molecule has 216 valence electrons. The van der Waals surface area contributed by atoms with Gasteiger partial charge in [-0.05, 0) is 50.6 Å². The van der Waals surface area contributed by atoms with E-state index in [1.165, 1.54) is 0 Å². The van der Waals surface area contributed by atoms with Crippen molar-refractivity contribution in [3.63, 3.8) is 0 Å². The molecule has 0 bridgehead atoms. The Morgan fingerprint density at radius 3 is 2.59 bits per heavy atom. The van der Waals surface area contributed by atoms with E-state index in [1.54, 1.807) is 6.20 Å². The van der Waals surface area contributed by atoms with Crippen LogP contribution in [0.1, 0.15) is 43.0 Å². The summed E-state index contributed by atoms with van der Waals surface area (Å²) in [5, 5.41) is 10.3. The molecule has 4 rings (SSSR count). The van der Waals surface area contributed by atoms with E-state index in [-0.39, 0.29) is 24.4 Å². The van der Waals surface area contributed by atoms with Gasteiger partial charge in [0, 0.05) is 51.6 Å². The first kappa shape index (κ1) is 29.3. The van der Waals surface area contributed by atoms with Crippen LogP contribution in [0, 0.1) is 5.92 Å². The predicted octanol–water partition coefficient (Wildman–Crippen LogP) is 5.39. The topological polar surface area (TPSA) is 91.1 Å². The van der Waals surface area contributed by atoms with Gasteiger partial charge >= 0.3 is 6.09 Å². The molecular weight excluding hydrogens is 524 g/mol. The number of rotatable bonds is 11. The third-order valence-electron chi connectivity index (χ3n) is 7.86. The number of carbonyl (C=O) groups excluding carboxylic acids is 1. The first-order chi connectivity index (χ1) is 18.5. The second-order valence-electron chi connectivity index (χ2n) is 11.9. The average molecular weight is 566 g/mol. The highest BCUT2D eigenvalue weighted by molar-refractivity contribution is 6.76. The minimum absolute atomic E-state index is 0.0323. The molecule has 9 nitrogen and oxygen atoms in total. The summed E-state index contributed by atoms with van der Waals surface area (Å²) < 4.78 is 33.7. The van der Waals surface area contributed by atoms with Crippen LogP contribution in [-0.2, 0) is 11.5 Å². The summed E-state index contributed by atoms with van der Waals surface area (Å²) in [5.41, 5.74) is 2.26. The van der Waals surface area contributed by atoms with E-state index < -0.39 is 27.1 Å². The lowest BCUT2D eigenvalue weighted by molar-refractivity contribution is 0.0680. The highest BCUT2D eigenvalue weighted by Gasteiger charge is 2.37. The van der Waals surface area contributed by atoms with Crippen molar-refractivity contribution in [2.75, 3.05) is 37.8 Å². The van der Waals surface area contributed by atoms with Crippen LogP contribution in [0.2, 0.25) is 25.7 Å². The van der Waals surface area contributed by atoms with E-state index in [4.69, 9.17) is 4.74 Å². The lowest BCUT2D eigenvalue weighted by Crippen LogP contribution is -2.52. The van der Waals surface area contributed by atoms with Gasteiger partial charge in [-0.1, -0.05) is 19.6 Å². The summed E-state index contributed by atoms with van der Waals surface area (Å²) >= 11 is 0. The maximum absolute atomic E-state index is 13.3. The summed E-state index contributed by atoms with van der Waals surface area (Å²) in [6.07, 6.45) is 2.71. The number of fused-ring (bicyclic) bond motifs is 3. The number of halogens is 2. The van der Waals surface area contributed by atoms with Gasteiger partial charge in [0.25, 0.3) is 12.3 Å². The van der Waals surface area contributed by atoms with Crippen molar-refractivity contribution in [2.24, 2.45) is 5.92 Å². The van der Waals surface area contributed by atoms with Crippen molar-refractivity contribution in [3.8, 4) is 0 Å². The Morgan fingerprint density at radius 2 is 1.97 bits per heavy atom. The first-order valence-electron chi connectivity index (χ1n) is 13.9. The first-order valence-corrected chi connectivity index (χ1v) is 17.6. The zero-order chi connectivity index (χ0) is 28.3. The molecule has 1 aliphatic heterocycles. The van der Waals surface area contributed by atoms with Crippen LogP contribution in [0.3, 0.4) is 0 Å². The van der Waals surface area contributed by atoms with Crippen molar-refractivity contribution < 1.29 is 28.2 Å². The van der Waals surface area contributed by atoms with E-state index in [0.29, 0.717) is 32.1 Å². The number of aromatic nitrogens is 2. The van der Waals surface area contributed by atoms with Gasteiger partial charge in [0.1, 0.15) is 12.4 Å². The standard InChI is InChI=1S/C27H41F2N5O4Si/c1-5-31-17-34(20-8-6-19(7-9-20)15-33(27(36)37)16-23(28)29)24-21-10-11-32(18-38-12-13-39(2,3)4)25(21)30-14-22(24)26(31)35/h10-11,14,19-20,23H,5-9,12-13,15-18H2,1-4H3,(H,36,37). The second-order valence-corrected chi connectivity index (χ2v) is 17.5. The minimum atomic E-state index is -2.69. The molecule has 1 aliphatic carbocycles. The molecule has 0 unspecified atom stereocenters. The van der Waals surface area contributed by atoms with Crippen molar-refractivity contribution in [1.82, 2.24) is 19.4 Å². The van der Waals surface area contributed by atoms with Crippen LogP contribution in [0.15, 0.2) is 18.5 Å². The normalized spacial score (nSPS) is 20.1. The van der Waals surface area contributed by atoms with Crippen molar-refractivity contribution in [2.45, 2.75) is 77.5 Å². The summed E-state index contributed by atoms with van der Waals surface area (Å²) in [6, 6.07) is 3.24. The smallest absolute Gasteiger partial charge is 0.407 e. The summed E-state index contributed by atoms with van der Waals surface area (Å²) in [7, 11) is -1.19. The van der Waals surface area contributed by atoms with Crippen LogP contribution in [0.4, 0.5) is 19.3 Å². The number of hydrogen-bond acceptors (Lipinski definition) is 5. The van der Waals surface area contributed by atoms with Gasteiger partial charge in [-0.3, -0.25) is 4.79 Å². The quantitative estimate of drug-likeness (QED) is 0.290. The average Bonchev–Trinajstić information content (AvgIpc) is 3.29. The van der Waals surface area contributed by atoms with Gasteiger partial charge in [0.15, 0.2) is 0 Å². The van der Waals surface area contributed by atoms with Crippen molar-refractivity contribution >= 4 is 36.8 Å².